The summed E-state index contributed by atoms with van der Waals surface area (Å²) in [6.07, 6.45) is 2.07. The SMILES string of the molecule is CC(C)c1nc2c(-c3noc(C4CCNCC4)n3)cccc2o1. The molecule has 1 aliphatic heterocycles. The Morgan fingerprint density at radius 3 is 2.78 bits per heavy atom. The van der Waals surface area contributed by atoms with Gasteiger partial charge in [0.05, 0.1) is 5.56 Å². The molecule has 4 rings (SSSR count). The number of hydrogen-bond acceptors (Lipinski definition) is 6. The predicted octanol–water partition coefficient (Wildman–Crippen LogP) is 3.47. The maximum Gasteiger partial charge on any atom is 0.230 e. The zero-order chi connectivity index (χ0) is 15.8. The standard InChI is InChI=1S/C17H20N4O2/c1-10(2)16-19-14-12(4-3-5-13(14)22-16)15-20-17(23-21-15)11-6-8-18-9-7-11/h3-5,10-11,18H,6-9H2,1-2H3. The average Bonchev–Trinajstić information content (AvgIpc) is 3.22. The van der Waals surface area contributed by atoms with Gasteiger partial charge in [-0.15, -0.1) is 0 Å². The second kappa shape index (κ2) is 5.77. The van der Waals surface area contributed by atoms with Crippen LogP contribution in [0.1, 0.15) is 50.3 Å². The number of nitrogens with zero attached hydrogens (tertiary/aromatic N) is 3. The number of oxazole rings is 1. The van der Waals surface area contributed by atoms with E-state index in [0.29, 0.717) is 11.7 Å². The topological polar surface area (TPSA) is 77.0 Å². The summed E-state index contributed by atoms with van der Waals surface area (Å²) in [5, 5.41) is 7.53. The van der Waals surface area contributed by atoms with Crippen molar-refractivity contribution < 1.29 is 8.94 Å². The first kappa shape index (κ1) is 14.4. The molecule has 0 atom stereocenters. The molecule has 120 valence electrons. The highest BCUT2D eigenvalue weighted by atomic mass is 16.5. The van der Waals surface area contributed by atoms with Gasteiger partial charge in [-0.3, -0.25) is 0 Å². The highest BCUT2D eigenvalue weighted by molar-refractivity contribution is 5.88. The van der Waals surface area contributed by atoms with Crippen molar-refractivity contribution >= 4 is 11.1 Å². The Morgan fingerprint density at radius 2 is 2.00 bits per heavy atom. The van der Waals surface area contributed by atoms with Crippen molar-refractivity contribution in [2.45, 2.75) is 38.5 Å². The molecule has 1 aromatic carbocycles. The van der Waals surface area contributed by atoms with Crippen molar-refractivity contribution in [3.63, 3.8) is 0 Å². The molecule has 1 aliphatic rings. The van der Waals surface area contributed by atoms with Crippen molar-refractivity contribution in [2.75, 3.05) is 13.1 Å². The summed E-state index contributed by atoms with van der Waals surface area (Å²) in [6.45, 7) is 6.12. The summed E-state index contributed by atoms with van der Waals surface area (Å²) < 4.78 is 11.3. The van der Waals surface area contributed by atoms with E-state index in [1.54, 1.807) is 0 Å². The van der Waals surface area contributed by atoms with E-state index >= 15 is 0 Å². The monoisotopic (exact) mass is 312 g/mol. The van der Waals surface area contributed by atoms with Crippen molar-refractivity contribution in [3.8, 4) is 11.4 Å². The Kier molecular flexibility index (Phi) is 3.61. The lowest BCUT2D eigenvalue weighted by Crippen LogP contribution is -2.26. The van der Waals surface area contributed by atoms with Crippen LogP contribution in [0, 0.1) is 0 Å². The molecule has 0 unspecified atom stereocenters. The molecule has 1 N–H and O–H groups in total. The minimum absolute atomic E-state index is 0.241. The van der Waals surface area contributed by atoms with Crippen molar-refractivity contribution in [3.05, 3.63) is 30.0 Å². The van der Waals surface area contributed by atoms with E-state index in [2.05, 4.69) is 34.3 Å². The first-order valence-electron chi connectivity index (χ1n) is 8.16. The number of fused-ring (bicyclic) bond motifs is 1. The number of benzene rings is 1. The molecule has 0 bridgehead atoms. The Morgan fingerprint density at radius 1 is 1.17 bits per heavy atom. The molecule has 1 saturated heterocycles. The lowest BCUT2D eigenvalue weighted by Gasteiger charge is -2.18. The van der Waals surface area contributed by atoms with Gasteiger partial charge < -0.3 is 14.3 Å². The minimum Gasteiger partial charge on any atom is -0.440 e. The normalized spacial score (nSPS) is 16.5. The van der Waals surface area contributed by atoms with Gasteiger partial charge in [-0.25, -0.2) is 4.98 Å². The third-order valence-corrected chi connectivity index (χ3v) is 4.30. The van der Waals surface area contributed by atoms with Gasteiger partial charge in [-0.1, -0.05) is 25.1 Å². The number of hydrogen-bond donors (Lipinski definition) is 1. The van der Waals surface area contributed by atoms with Crippen LogP contribution < -0.4 is 5.32 Å². The fourth-order valence-corrected chi connectivity index (χ4v) is 2.97. The molecular formula is C17H20N4O2. The van der Waals surface area contributed by atoms with Gasteiger partial charge in [0, 0.05) is 11.8 Å². The van der Waals surface area contributed by atoms with E-state index in [4.69, 9.17) is 8.94 Å². The molecule has 0 radical (unpaired) electrons. The summed E-state index contributed by atoms with van der Waals surface area (Å²) in [5.74, 6) is 2.64. The maximum absolute atomic E-state index is 5.81. The zero-order valence-electron chi connectivity index (χ0n) is 13.4. The summed E-state index contributed by atoms with van der Waals surface area (Å²) in [7, 11) is 0. The molecule has 2 aromatic heterocycles. The highest BCUT2D eigenvalue weighted by Crippen LogP contribution is 2.31. The zero-order valence-corrected chi connectivity index (χ0v) is 13.4. The third kappa shape index (κ3) is 2.63. The molecule has 3 aromatic rings. The molecule has 0 saturated carbocycles. The lowest BCUT2D eigenvalue weighted by atomic mass is 9.98. The van der Waals surface area contributed by atoms with E-state index < -0.39 is 0 Å². The van der Waals surface area contributed by atoms with Crippen molar-refractivity contribution in [1.82, 2.24) is 20.4 Å². The van der Waals surface area contributed by atoms with Crippen LogP contribution in [-0.2, 0) is 0 Å². The van der Waals surface area contributed by atoms with Gasteiger partial charge >= 0.3 is 0 Å². The predicted molar refractivity (Wildman–Crippen MR) is 86.2 cm³/mol. The fraction of sp³-hybridized carbons (Fsp3) is 0.471. The Labute approximate surface area is 134 Å². The second-order valence-corrected chi connectivity index (χ2v) is 6.34. The van der Waals surface area contributed by atoms with Gasteiger partial charge in [0.25, 0.3) is 0 Å². The van der Waals surface area contributed by atoms with Crippen LogP contribution in [0.4, 0.5) is 0 Å². The summed E-state index contributed by atoms with van der Waals surface area (Å²) in [5.41, 5.74) is 2.43. The van der Waals surface area contributed by atoms with E-state index in [0.717, 1.165) is 54.4 Å². The Hall–Kier alpha value is -2.21. The van der Waals surface area contributed by atoms with Crippen LogP contribution in [0.3, 0.4) is 0 Å². The van der Waals surface area contributed by atoms with Crippen molar-refractivity contribution in [2.24, 2.45) is 0 Å². The average molecular weight is 312 g/mol. The molecule has 3 heterocycles. The molecule has 6 heteroatoms. The largest absolute Gasteiger partial charge is 0.440 e. The van der Waals surface area contributed by atoms with Crippen LogP contribution in [0.5, 0.6) is 0 Å². The first-order chi connectivity index (χ1) is 11.2. The van der Waals surface area contributed by atoms with Gasteiger partial charge in [-0.2, -0.15) is 4.98 Å². The van der Waals surface area contributed by atoms with E-state index in [1.807, 2.05) is 18.2 Å². The number of para-hydroxylation sites is 1. The summed E-state index contributed by atoms with van der Waals surface area (Å²) >= 11 is 0. The molecule has 0 spiro atoms. The number of aromatic nitrogens is 3. The maximum atomic E-state index is 5.81. The van der Waals surface area contributed by atoms with E-state index in [9.17, 15) is 0 Å². The number of rotatable bonds is 3. The molecule has 6 nitrogen and oxygen atoms in total. The minimum atomic E-state index is 0.241. The number of piperidine rings is 1. The van der Waals surface area contributed by atoms with E-state index in [1.165, 1.54) is 0 Å². The summed E-state index contributed by atoms with van der Waals surface area (Å²) in [4.78, 5) is 9.23. The second-order valence-electron chi connectivity index (χ2n) is 6.34. The quantitative estimate of drug-likeness (QED) is 0.798. The molecule has 0 aliphatic carbocycles. The van der Waals surface area contributed by atoms with Gasteiger partial charge in [-0.05, 0) is 38.1 Å². The first-order valence-corrected chi connectivity index (χ1v) is 8.16. The van der Waals surface area contributed by atoms with Crippen LogP contribution in [0.2, 0.25) is 0 Å². The van der Waals surface area contributed by atoms with Gasteiger partial charge in [0.1, 0.15) is 5.52 Å². The Balaban J connectivity index is 1.72. The molecule has 23 heavy (non-hydrogen) atoms. The lowest BCUT2D eigenvalue weighted by molar-refractivity contribution is 0.320. The van der Waals surface area contributed by atoms with Crippen LogP contribution in [0.25, 0.3) is 22.5 Å². The van der Waals surface area contributed by atoms with Crippen LogP contribution >= 0.6 is 0 Å². The molecular weight excluding hydrogens is 292 g/mol. The third-order valence-electron chi connectivity index (χ3n) is 4.30. The molecule has 0 amide bonds. The van der Waals surface area contributed by atoms with E-state index in [-0.39, 0.29) is 5.92 Å². The van der Waals surface area contributed by atoms with Crippen LogP contribution in [-0.4, -0.2) is 28.2 Å². The fourth-order valence-electron chi connectivity index (χ4n) is 2.97. The van der Waals surface area contributed by atoms with Crippen LogP contribution in [0.15, 0.2) is 27.1 Å². The number of nitrogens with one attached hydrogen (secondary N) is 1. The Bertz CT molecular complexity index is 815. The smallest absolute Gasteiger partial charge is 0.230 e. The highest BCUT2D eigenvalue weighted by Gasteiger charge is 2.23. The molecule has 1 fully saturated rings. The van der Waals surface area contributed by atoms with Gasteiger partial charge in [0.2, 0.25) is 11.7 Å². The summed E-state index contributed by atoms with van der Waals surface area (Å²) in [6, 6.07) is 5.82. The van der Waals surface area contributed by atoms with Crippen molar-refractivity contribution in [1.29, 1.82) is 0 Å². The van der Waals surface area contributed by atoms with Gasteiger partial charge in [0.15, 0.2) is 11.5 Å².